The van der Waals surface area contributed by atoms with Gasteiger partial charge in [0.15, 0.2) is 0 Å². The Labute approximate surface area is 118 Å². The number of aromatic nitrogens is 3. The van der Waals surface area contributed by atoms with Crippen molar-refractivity contribution >= 4 is 0 Å². The molecule has 2 rings (SSSR count). The summed E-state index contributed by atoms with van der Waals surface area (Å²) < 4.78 is 6.88. The lowest BCUT2D eigenvalue weighted by atomic mass is 10.1. The van der Waals surface area contributed by atoms with Crippen LogP contribution in [0.25, 0.3) is 0 Å². The molecule has 0 saturated heterocycles. The number of aryl methyl sites for hydroxylation is 1. The van der Waals surface area contributed by atoms with Crippen LogP contribution in [0, 0.1) is 0 Å². The lowest BCUT2D eigenvalue weighted by Crippen LogP contribution is -2.23. The molecule has 0 saturated carbocycles. The fourth-order valence-corrected chi connectivity index (χ4v) is 1.90. The Balaban J connectivity index is 1.65. The zero-order valence-electron chi connectivity index (χ0n) is 11.6. The lowest BCUT2D eigenvalue weighted by Gasteiger charge is -2.12. The van der Waals surface area contributed by atoms with E-state index < -0.39 is 6.10 Å². The van der Waals surface area contributed by atoms with Gasteiger partial charge in [-0.1, -0.05) is 17.3 Å². The molecule has 6 nitrogen and oxygen atoms in total. The van der Waals surface area contributed by atoms with Crippen LogP contribution in [0.3, 0.4) is 0 Å². The molecule has 0 bridgehead atoms. The van der Waals surface area contributed by atoms with Gasteiger partial charge in [0.1, 0.15) is 5.75 Å². The van der Waals surface area contributed by atoms with Crippen LogP contribution >= 0.6 is 0 Å². The van der Waals surface area contributed by atoms with Gasteiger partial charge in [-0.2, -0.15) is 0 Å². The maximum absolute atomic E-state index is 10.0. The van der Waals surface area contributed by atoms with Crippen molar-refractivity contribution in [2.24, 2.45) is 0 Å². The van der Waals surface area contributed by atoms with Crippen molar-refractivity contribution in [1.29, 1.82) is 0 Å². The minimum Gasteiger partial charge on any atom is -0.497 e. The van der Waals surface area contributed by atoms with E-state index in [0.29, 0.717) is 6.54 Å². The molecule has 6 heteroatoms. The van der Waals surface area contributed by atoms with Crippen LogP contribution < -0.4 is 10.1 Å². The summed E-state index contributed by atoms with van der Waals surface area (Å²) in [6.07, 6.45) is 3.94. The van der Waals surface area contributed by atoms with Gasteiger partial charge in [0.05, 0.1) is 19.4 Å². The van der Waals surface area contributed by atoms with E-state index in [9.17, 15) is 5.11 Å². The molecule has 0 radical (unpaired) electrons. The highest BCUT2D eigenvalue weighted by Gasteiger charge is 2.06. The second-order valence-corrected chi connectivity index (χ2v) is 4.51. The molecule has 2 aromatic rings. The molecule has 0 fully saturated rings. The first kappa shape index (κ1) is 14.5. The van der Waals surface area contributed by atoms with Gasteiger partial charge in [-0.25, -0.2) is 0 Å². The van der Waals surface area contributed by atoms with E-state index in [1.165, 1.54) is 0 Å². The van der Waals surface area contributed by atoms with E-state index in [2.05, 4.69) is 15.6 Å². The number of hydrogen-bond donors (Lipinski definition) is 2. The van der Waals surface area contributed by atoms with Gasteiger partial charge >= 0.3 is 0 Å². The van der Waals surface area contributed by atoms with Crippen LogP contribution in [-0.2, 0) is 6.54 Å². The molecule has 2 N–H and O–H groups in total. The van der Waals surface area contributed by atoms with Crippen LogP contribution in [0.15, 0.2) is 36.7 Å². The Hall–Kier alpha value is -1.92. The van der Waals surface area contributed by atoms with Crippen molar-refractivity contribution in [2.45, 2.75) is 19.1 Å². The Morgan fingerprint density at radius 3 is 2.80 bits per heavy atom. The largest absolute Gasteiger partial charge is 0.497 e. The molecule has 108 valence electrons. The molecule has 0 amide bonds. The maximum Gasteiger partial charge on any atom is 0.118 e. The number of ether oxygens (including phenoxy) is 1. The number of hydrogen-bond acceptors (Lipinski definition) is 5. The summed E-state index contributed by atoms with van der Waals surface area (Å²) in [5.74, 6) is 0.793. The molecule has 1 aromatic heterocycles. The number of nitrogens with zero attached hydrogens (tertiary/aromatic N) is 3. The van der Waals surface area contributed by atoms with E-state index in [1.807, 2.05) is 30.5 Å². The molecule has 0 spiro atoms. The van der Waals surface area contributed by atoms with E-state index in [-0.39, 0.29) is 0 Å². The van der Waals surface area contributed by atoms with Gasteiger partial charge in [-0.15, -0.1) is 5.10 Å². The maximum atomic E-state index is 10.0. The topological polar surface area (TPSA) is 72.2 Å². The average Bonchev–Trinajstić information content (AvgIpc) is 3.00. The molecule has 1 aromatic carbocycles. The van der Waals surface area contributed by atoms with Crippen molar-refractivity contribution in [1.82, 2.24) is 20.3 Å². The fraction of sp³-hybridized carbons (Fsp3) is 0.429. The summed E-state index contributed by atoms with van der Waals surface area (Å²) >= 11 is 0. The Morgan fingerprint density at radius 1 is 1.35 bits per heavy atom. The standard InChI is InChI=1S/C14H20N4O2/c1-20-13-5-3-12(4-6-13)14(19)11-15-7-2-9-18-10-8-16-17-18/h3-6,8,10,14-15,19H,2,7,9,11H2,1H3. The molecule has 1 atom stereocenters. The van der Waals surface area contributed by atoms with Gasteiger partial charge in [-0.05, 0) is 30.7 Å². The Kier molecular flexibility index (Phi) is 5.52. The van der Waals surface area contributed by atoms with Gasteiger partial charge in [0.25, 0.3) is 0 Å². The van der Waals surface area contributed by atoms with E-state index in [1.54, 1.807) is 18.0 Å². The molecule has 0 aliphatic heterocycles. The highest BCUT2D eigenvalue weighted by molar-refractivity contribution is 5.28. The summed E-state index contributed by atoms with van der Waals surface area (Å²) in [7, 11) is 1.63. The first-order valence-electron chi connectivity index (χ1n) is 6.66. The molecule has 20 heavy (non-hydrogen) atoms. The van der Waals surface area contributed by atoms with Crippen molar-refractivity contribution in [3.8, 4) is 5.75 Å². The first-order valence-corrected chi connectivity index (χ1v) is 6.66. The second-order valence-electron chi connectivity index (χ2n) is 4.51. The molecular weight excluding hydrogens is 256 g/mol. The number of rotatable bonds is 8. The number of aliphatic hydroxyl groups is 1. The second kappa shape index (κ2) is 7.62. The highest BCUT2D eigenvalue weighted by atomic mass is 16.5. The fourth-order valence-electron chi connectivity index (χ4n) is 1.90. The van der Waals surface area contributed by atoms with Crippen molar-refractivity contribution < 1.29 is 9.84 Å². The third kappa shape index (κ3) is 4.32. The number of nitrogens with one attached hydrogen (secondary N) is 1. The van der Waals surface area contributed by atoms with Gasteiger partial charge in [0.2, 0.25) is 0 Å². The predicted molar refractivity (Wildman–Crippen MR) is 75.5 cm³/mol. The predicted octanol–water partition coefficient (Wildman–Crippen LogP) is 1.000. The summed E-state index contributed by atoms with van der Waals surface area (Å²) in [5.41, 5.74) is 0.884. The van der Waals surface area contributed by atoms with Crippen molar-refractivity contribution in [2.75, 3.05) is 20.2 Å². The first-order chi connectivity index (χ1) is 9.79. The Morgan fingerprint density at radius 2 is 2.15 bits per heavy atom. The minimum absolute atomic E-state index is 0.507. The van der Waals surface area contributed by atoms with Crippen molar-refractivity contribution in [3.05, 3.63) is 42.2 Å². The normalized spacial score (nSPS) is 12.3. The van der Waals surface area contributed by atoms with Crippen molar-refractivity contribution in [3.63, 3.8) is 0 Å². The molecule has 1 unspecified atom stereocenters. The number of methoxy groups -OCH3 is 1. The minimum atomic E-state index is -0.507. The third-order valence-corrected chi connectivity index (χ3v) is 3.05. The van der Waals surface area contributed by atoms with Gasteiger partial charge in [0, 0.05) is 19.3 Å². The lowest BCUT2D eigenvalue weighted by molar-refractivity contribution is 0.174. The van der Waals surface area contributed by atoms with E-state index in [4.69, 9.17) is 4.74 Å². The molecular formula is C14H20N4O2. The van der Waals surface area contributed by atoms with Crippen LogP contribution in [0.4, 0.5) is 0 Å². The monoisotopic (exact) mass is 276 g/mol. The zero-order valence-corrected chi connectivity index (χ0v) is 11.6. The highest BCUT2D eigenvalue weighted by Crippen LogP contribution is 2.16. The van der Waals surface area contributed by atoms with Crippen LogP contribution in [0.1, 0.15) is 18.1 Å². The summed E-state index contributed by atoms with van der Waals surface area (Å²) in [6, 6.07) is 7.45. The van der Waals surface area contributed by atoms with E-state index >= 15 is 0 Å². The SMILES string of the molecule is COc1ccc(C(O)CNCCCn2ccnn2)cc1. The zero-order chi connectivity index (χ0) is 14.2. The van der Waals surface area contributed by atoms with Crippen LogP contribution in [0.2, 0.25) is 0 Å². The molecule has 1 heterocycles. The smallest absolute Gasteiger partial charge is 0.118 e. The van der Waals surface area contributed by atoms with Gasteiger partial charge < -0.3 is 15.2 Å². The average molecular weight is 276 g/mol. The number of benzene rings is 1. The Bertz CT molecular complexity index is 484. The van der Waals surface area contributed by atoms with Crippen LogP contribution in [-0.4, -0.2) is 40.3 Å². The molecule has 0 aliphatic rings. The quantitative estimate of drug-likeness (QED) is 0.704. The summed E-state index contributed by atoms with van der Waals surface area (Å²) in [6.45, 7) is 2.18. The summed E-state index contributed by atoms with van der Waals surface area (Å²) in [4.78, 5) is 0. The van der Waals surface area contributed by atoms with Crippen LogP contribution in [0.5, 0.6) is 5.75 Å². The molecule has 0 aliphatic carbocycles. The van der Waals surface area contributed by atoms with E-state index in [0.717, 1.165) is 30.8 Å². The van der Waals surface area contributed by atoms with Gasteiger partial charge in [-0.3, -0.25) is 4.68 Å². The third-order valence-electron chi connectivity index (χ3n) is 3.05. The summed E-state index contributed by atoms with van der Waals surface area (Å²) in [5, 5.41) is 20.9. The number of aliphatic hydroxyl groups excluding tert-OH is 1.